The number of aliphatic hydroxyl groups is 1. The van der Waals surface area contributed by atoms with Crippen LogP contribution >= 0.6 is 27.5 Å². The summed E-state index contributed by atoms with van der Waals surface area (Å²) in [6, 6.07) is 0. The molecule has 0 aliphatic carbocycles. The molecule has 0 atom stereocenters. The number of aromatic nitrogens is 1. The Morgan fingerprint density at radius 3 is 2.80 bits per heavy atom. The van der Waals surface area contributed by atoms with Crippen molar-refractivity contribution in [3.05, 3.63) is 9.35 Å². The van der Waals surface area contributed by atoms with Crippen molar-refractivity contribution in [2.75, 3.05) is 7.11 Å². The van der Waals surface area contributed by atoms with Gasteiger partial charge in [0.1, 0.15) is 0 Å². The average Bonchev–Trinajstić information content (AvgIpc) is 2.30. The lowest BCUT2D eigenvalue weighted by atomic mass is 10.5. The Labute approximate surface area is 70.9 Å². The number of hydrogen-bond donors (Lipinski definition) is 1. The predicted molar refractivity (Wildman–Crippen MR) is 42.3 cm³/mol. The monoisotopic (exact) mass is 223 g/mol. The van der Waals surface area contributed by atoms with E-state index in [1.807, 2.05) is 0 Å². The van der Waals surface area contributed by atoms with Crippen molar-refractivity contribution >= 4 is 27.5 Å². The fourth-order valence-electron chi connectivity index (χ4n) is 0.521. The topological polar surface area (TPSA) is 42.4 Å². The molecule has 5 heteroatoms. The first-order valence-electron chi connectivity index (χ1n) is 2.58. The SMILES string of the molecule is COc1nsc(CO)c1Br. The minimum absolute atomic E-state index is 0.00160. The zero-order valence-corrected chi connectivity index (χ0v) is 7.70. The van der Waals surface area contributed by atoms with E-state index in [1.165, 1.54) is 11.5 Å². The summed E-state index contributed by atoms with van der Waals surface area (Å²) in [6.07, 6.45) is 0. The van der Waals surface area contributed by atoms with E-state index in [0.717, 1.165) is 9.35 Å². The number of hydrogen-bond acceptors (Lipinski definition) is 4. The van der Waals surface area contributed by atoms with Crippen LogP contribution in [0.5, 0.6) is 5.88 Å². The lowest BCUT2D eigenvalue weighted by Gasteiger charge is -1.92. The van der Waals surface area contributed by atoms with Gasteiger partial charge in [0.25, 0.3) is 0 Å². The molecule has 0 aliphatic heterocycles. The molecule has 0 aromatic carbocycles. The summed E-state index contributed by atoms with van der Waals surface area (Å²) < 4.78 is 9.54. The summed E-state index contributed by atoms with van der Waals surface area (Å²) in [5.74, 6) is 0.536. The van der Waals surface area contributed by atoms with E-state index < -0.39 is 0 Å². The second-order valence-corrected chi connectivity index (χ2v) is 3.24. The fourth-order valence-corrected chi connectivity index (χ4v) is 1.82. The number of methoxy groups -OCH3 is 1. The largest absolute Gasteiger partial charge is 0.480 e. The van der Waals surface area contributed by atoms with E-state index in [2.05, 4.69) is 20.3 Å². The molecule has 0 spiro atoms. The molecule has 0 fully saturated rings. The highest BCUT2D eigenvalue weighted by atomic mass is 79.9. The Morgan fingerprint density at radius 2 is 2.50 bits per heavy atom. The minimum atomic E-state index is 0.00160. The van der Waals surface area contributed by atoms with E-state index in [9.17, 15) is 0 Å². The van der Waals surface area contributed by atoms with Gasteiger partial charge >= 0.3 is 0 Å². The van der Waals surface area contributed by atoms with Crippen molar-refractivity contribution in [1.82, 2.24) is 4.37 Å². The highest BCUT2D eigenvalue weighted by Gasteiger charge is 2.09. The Hall–Kier alpha value is -0.130. The van der Waals surface area contributed by atoms with Crippen LogP contribution in [0.1, 0.15) is 4.88 Å². The molecule has 0 saturated carbocycles. The predicted octanol–water partition coefficient (Wildman–Crippen LogP) is 1.41. The molecule has 10 heavy (non-hydrogen) atoms. The molecule has 3 nitrogen and oxygen atoms in total. The van der Waals surface area contributed by atoms with Crippen molar-refractivity contribution in [1.29, 1.82) is 0 Å². The molecule has 1 aromatic rings. The van der Waals surface area contributed by atoms with Crippen LogP contribution in [-0.4, -0.2) is 16.6 Å². The zero-order valence-electron chi connectivity index (χ0n) is 5.30. The molecule has 1 heterocycles. The Balaban J connectivity index is 2.97. The Bertz CT molecular complexity index is 204. The smallest absolute Gasteiger partial charge is 0.239 e. The van der Waals surface area contributed by atoms with E-state index >= 15 is 0 Å². The molecule has 0 bridgehead atoms. The third-order valence-corrected chi connectivity index (χ3v) is 2.90. The first-order chi connectivity index (χ1) is 4.79. The molecular formula is C5H6BrNO2S. The summed E-state index contributed by atoms with van der Waals surface area (Å²) in [7, 11) is 1.54. The van der Waals surface area contributed by atoms with Gasteiger partial charge in [-0.3, -0.25) is 0 Å². The molecule has 1 aromatic heterocycles. The number of aliphatic hydroxyl groups excluding tert-OH is 1. The van der Waals surface area contributed by atoms with Crippen LogP contribution in [0.15, 0.2) is 4.47 Å². The molecule has 1 N–H and O–H groups in total. The molecular weight excluding hydrogens is 218 g/mol. The van der Waals surface area contributed by atoms with E-state index in [4.69, 9.17) is 9.84 Å². The van der Waals surface area contributed by atoms with Gasteiger partial charge in [0.05, 0.1) is 23.1 Å². The normalized spacial score (nSPS) is 9.90. The fraction of sp³-hybridized carbons (Fsp3) is 0.400. The Morgan fingerprint density at radius 1 is 1.80 bits per heavy atom. The van der Waals surface area contributed by atoms with Crippen molar-refractivity contribution in [2.24, 2.45) is 0 Å². The second-order valence-electron chi connectivity index (χ2n) is 1.59. The third-order valence-electron chi connectivity index (χ3n) is 1.01. The van der Waals surface area contributed by atoms with Gasteiger partial charge in [0.2, 0.25) is 5.88 Å². The minimum Gasteiger partial charge on any atom is -0.480 e. The van der Waals surface area contributed by atoms with E-state index in [0.29, 0.717) is 5.88 Å². The van der Waals surface area contributed by atoms with Crippen molar-refractivity contribution in [2.45, 2.75) is 6.61 Å². The first-order valence-corrected chi connectivity index (χ1v) is 4.15. The quantitative estimate of drug-likeness (QED) is 0.825. The summed E-state index contributed by atoms with van der Waals surface area (Å²) in [4.78, 5) is 0.789. The van der Waals surface area contributed by atoms with Gasteiger partial charge in [-0.25, -0.2) is 0 Å². The molecule has 0 radical (unpaired) electrons. The van der Waals surface area contributed by atoms with Crippen LogP contribution in [-0.2, 0) is 6.61 Å². The summed E-state index contributed by atoms with van der Waals surface area (Å²) in [5.41, 5.74) is 0. The van der Waals surface area contributed by atoms with Gasteiger partial charge in [0.15, 0.2) is 0 Å². The molecule has 0 aliphatic rings. The number of rotatable bonds is 2. The Kier molecular flexibility index (Phi) is 2.64. The van der Waals surface area contributed by atoms with Gasteiger partial charge in [-0.1, -0.05) is 0 Å². The first kappa shape index (κ1) is 7.97. The maximum atomic E-state index is 8.71. The maximum Gasteiger partial charge on any atom is 0.239 e. The van der Waals surface area contributed by atoms with Gasteiger partial charge < -0.3 is 9.84 Å². The van der Waals surface area contributed by atoms with Crippen LogP contribution in [0.4, 0.5) is 0 Å². The number of nitrogens with zero attached hydrogens (tertiary/aromatic N) is 1. The van der Waals surface area contributed by atoms with Crippen LogP contribution in [0.2, 0.25) is 0 Å². The molecule has 56 valence electrons. The maximum absolute atomic E-state index is 8.71. The number of ether oxygens (including phenoxy) is 1. The van der Waals surface area contributed by atoms with Gasteiger partial charge in [0, 0.05) is 0 Å². The van der Waals surface area contributed by atoms with Crippen LogP contribution in [0.25, 0.3) is 0 Å². The van der Waals surface area contributed by atoms with E-state index in [-0.39, 0.29) is 6.61 Å². The van der Waals surface area contributed by atoms with E-state index in [1.54, 1.807) is 7.11 Å². The highest BCUT2D eigenvalue weighted by Crippen LogP contribution is 2.30. The molecule has 1 rings (SSSR count). The van der Waals surface area contributed by atoms with Gasteiger partial charge in [-0.2, -0.15) is 4.37 Å². The zero-order chi connectivity index (χ0) is 7.56. The van der Waals surface area contributed by atoms with Crippen molar-refractivity contribution in [3.8, 4) is 5.88 Å². The van der Waals surface area contributed by atoms with Gasteiger partial charge in [-0.05, 0) is 27.5 Å². The average molecular weight is 224 g/mol. The molecule has 0 unspecified atom stereocenters. The summed E-state index contributed by atoms with van der Waals surface area (Å²) in [6.45, 7) is 0.00160. The summed E-state index contributed by atoms with van der Waals surface area (Å²) >= 11 is 4.46. The second kappa shape index (κ2) is 3.32. The highest BCUT2D eigenvalue weighted by molar-refractivity contribution is 9.10. The lowest BCUT2D eigenvalue weighted by molar-refractivity contribution is 0.284. The summed E-state index contributed by atoms with van der Waals surface area (Å²) in [5, 5.41) is 8.71. The van der Waals surface area contributed by atoms with Crippen LogP contribution in [0.3, 0.4) is 0 Å². The third kappa shape index (κ3) is 1.31. The van der Waals surface area contributed by atoms with Crippen LogP contribution in [0, 0.1) is 0 Å². The van der Waals surface area contributed by atoms with Gasteiger partial charge in [-0.15, -0.1) is 0 Å². The standard InChI is InChI=1S/C5H6BrNO2S/c1-9-5-4(6)3(2-8)10-7-5/h8H,2H2,1H3. The van der Waals surface area contributed by atoms with Crippen molar-refractivity contribution < 1.29 is 9.84 Å². The number of halogens is 1. The van der Waals surface area contributed by atoms with Crippen molar-refractivity contribution in [3.63, 3.8) is 0 Å². The van der Waals surface area contributed by atoms with Crippen LogP contribution < -0.4 is 4.74 Å². The lowest BCUT2D eigenvalue weighted by Crippen LogP contribution is -1.82. The molecule has 0 amide bonds. The molecule has 0 saturated heterocycles.